The molecule has 1 aliphatic rings. The molecule has 0 amide bonds. The average molecular weight is 265 g/mol. The van der Waals surface area contributed by atoms with Crippen LogP contribution in [0.1, 0.15) is 57.2 Å². The van der Waals surface area contributed by atoms with Gasteiger partial charge in [0, 0.05) is 23.8 Å². The van der Waals surface area contributed by atoms with E-state index >= 15 is 0 Å². The first kappa shape index (κ1) is 14.1. The number of carbonyl (C=O) groups excluding carboxylic acids is 1. The number of rotatable bonds is 5. The lowest BCUT2D eigenvalue weighted by Gasteiger charge is -2.19. The summed E-state index contributed by atoms with van der Waals surface area (Å²) in [6.07, 6.45) is 8.41. The van der Waals surface area contributed by atoms with Gasteiger partial charge in [-0.1, -0.05) is 12.8 Å². The quantitative estimate of drug-likeness (QED) is 0.829. The molecule has 0 bridgehead atoms. The highest BCUT2D eigenvalue weighted by Gasteiger charge is 2.27. The molecule has 1 aromatic heterocycles. The van der Waals surface area contributed by atoms with Gasteiger partial charge in [-0.05, 0) is 26.7 Å². The summed E-state index contributed by atoms with van der Waals surface area (Å²) < 4.78 is 6.77. The minimum atomic E-state index is -0.402. The molecule has 19 heavy (non-hydrogen) atoms. The third kappa shape index (κ3) is 3.35. The smallest absolute Gasteiger partial charge is 0.327 e. The molecule has 0 aromatic carbocycles. The predicted molar refractivity (Wildman–Crippen MR) is 72.8 cm³/mol. The average Bonchev–Trinajstić information content (AvgIpc) is 3.05. The van der Waals surface area contributed by atoms with Gasteiger partial charge in [0.15, 0.2) is 0 Å². The Morgan fingerprint density at radius 3 is 2.68 bits per heavy atom. The van der Waals surface area contributed by atoms with E-state index in [1.165, 1.54) is 20.0 Å². The second-order valence-corrected chi connectivity index (χ2v) is 5.45. The van der Waals surface area contributed by atoms with Crippen LogP contribution < -0.4 is 5.32 Å². The third-order valence-corrected chi connectivity index (χ3v) is 3.68. The highest BCUT2D eigenvalue weighted by Crippen LogP contribution is 2.23. The highest BCUT2D eigenvalue weighted by molar-refractivity contribution is 5.77. The fourth-order valence-electron chi connectivity index (χ4n) is 2.53. The Kier molecular flexibility index (Phi) is 4.58. The molecule has 0 saturated heterocycles. The molecule has 1 aliphatic carbocycles. The molecule has 1 fully saturated rings. The number of methoxy groups -OCH3 is 1. The second-order valence-electron chi connectivity index (χ2n) is 5.45. The number of carbonyl (C=O) groups is 1. The molecule has 5 heteroatoms. The van der Waals surface area contributed by atoms with Crippen molar-refractivity contribution in [2.45, 2.75) is 57.7 Å². The van der Waals surface area contributed by atoms with Crippen molar-refractivity contribution >= 4 is 5.97 Å². The maximum absolute atomic E-state index is 12.0. The molecule has 1 atom stereocenters. The first-order valence-corrected chi connectivity index (χ1v) is 6.99. The van der Waals surface area contributed by atoms with Crippen LogP contribution in [-0.4, -0.2) is 28.9 Å². The van der Waals surface area contributed by atoms with E-state index in [1.807, 2.05) is 10.9 Å². The molecule has 1 N–H and O–H groups in total. The molecular weight excluding hydrogens is 242 g/mol. The Labute approximate surface area is 114 Å². The van der Waals surface area contributed by atoms with E-state index in [2.05, 4.69) is 24.3 Å². The fraction of sp³-hybridized carbons (Fsp3) is 0.714. The molecule has 1 unspecified atom stereocenters. The van der Waals surface area contributed by atoms with E-state index in [9.17, 15) is 4.79 Å². The molecule has 0 radical (unpaired) electrons. The summed E-state index contributed by atoms with van der Waals surface area (Å²) in [7, 11) is 1.43. The van der Waals surface area contributed by atoms with Crippen molar-refractivity contribution in [2.75, 3.05) is 7.11 Å². The summed E-state index contributed by atoms with van der Waals surface area (Å²) in [5.41, 5.74) is 0.882. The van der Waals surface area contributed by atoms with Gasteiger partial charge in [0.05, 0.1) is 13.3 Å². The molecule has 0 aliphatic heterocycles. The van der Waals surface area contributed by atoms with Crippen LogP contribution in [0.3, 0.4) is 0 Å². The van der Waals surface area contributed by atoms with Gasteiger partial charge in [-0.3, -0.25) is 10.00 Å². The Bertz CT molecular complexity index is 422. The standard InChI is InChI=1S/C14H23N3O2/c1-10(2)17-9-11(8-15-17)13(14(18)19-3)16-12-6-4-5-7-12/h8-10,12-13,16H,4-7H2,1-3H3. The molecule has 1 heterocycles. The van der Waals surface area contributed by atoms with Gasteiger partial charge in [-0.15, -0.1) is 0 Å². The van der Waals surface area contributed by atoms with Crippen LogP contribution in [0.4, 0.5) is 0 Å². The van der Waals surface area contributed by atoms with E-state index in [-0.39, 0.29) is 5.97 Å². The third-order valence-electron chi connectivity index (χ3n) is 3.68. The Morgan fingerprint density at radius 1 is 1.47 bits per heavy atom. The molecular formula is C14H23N3O2. The van der Waals surface area contributed by atoms with Crippen molar-refractivity contribution in [2.24, 2.45) is 0 Å². The SMILES string of the molecule is COC(=O)C(NC1CCCC1)c1cnn(C(C)C)c1. The number of esters is 1. The monoisotopic (exact) mass is 265 g/mol. The summed E-state index contributed by atoms with van der Waals surface area (Å²) in [5, 5.41) is 7.70. The van der Waals surface area contributed by atoms with Crippen LogP contribution in [-0.2, 0) is 9.53 Å². The Hall–Kier alpha value is -1.36. The normalized spacial score (nSPS) is 17.9. The molecule has 1 aromatic rings. The molecule has 2 rings (SSSR count). The van der Waals surface area contributed by atoms with Gasteiger partial charge in [0.2, 0.25) is 0 Å². The van der Waals surface area contributed by atoms with E-state index in [0.717, 1.165) is 18.4 Å². The lowest BCUT2D eigenvalue weighted by Crippen LogP contribution is -2.36. The van der Waals surface area contributed by atoms with E-state index in [0.29, 0.717) is 12.1 Å². The number of hydrogen-bond donors (Lipinski definition) is 1. The van der Waals surface area contributed by atoms with Crippen molar-refractivity contribution in [1.29, 1.82) is 0 Å². The van der Waals surface area contributed by atoms with Crippen molar-refractivity contribution in [3.8, 4) is 0 Å². The molecule has 5 nitrogen and oxygen atoms in total. The largest absolute Gasteiger partial charge is 0.468 e. The summed E-state index contributed by atoms with van der Waals surface area (Å²) in [6, 6.07) is 0.297. The van der Waals surface area contributed by atoms with Gasteiger partial charge >= 0.3 is 5.97 Å². The van der Waals surface area contributed by atoms with Gasteiger partial charge in [-0.25, -0.2) is 4.79 Å². The summed E-state index contributed by atoms with van der Waals surface area (Å²) in [4.78, 5) is 12.0. The lowest BCUT2D eigenvalue weighted by molar-refractivity contribution is -0.143. The summed E-state index contributed by atoms with van der Waals surface area (Å²) in [6.45, 7) is 4.13. The Morgan fingerprint density at radius 2 is 2.16 bits per heavy atom. The van der Waals surface area contributed by atoms with Gasteiger partial charge < -0.3 is 4.74 Å². The molecule has 1 saturated carbocycles. The number of hydrogen-bond acceptors (Lipinski definition) is 4. The minimum absolute atomic E-state index is 0.241. The zero-order valence-corrected chi connectivity index (χ0v) is 11.9. The molecule has 0 spiro atoms. The van der Waals surface area contributed by atoms with E-state index < -0.39 is 6.04 Å². The summed E-state index contributed by atoms with van der Waals surface area (Å²) >= 11 is 0. The van der Waals surface area contributed by atoms with Crippen molar-refractivity contribution in [3.63, 3.8) is 0 Å². The summed E-state index contributed by atoms with van der Waals surface area (Å²) in [5.74, 6) is -0.241. The number of aromatic nitrogens is 2. The maximum atomic E-state index is 12.0. The van der Waals surface area contributed by atoms with E-state index in [1.54, 1.807) is 6.20 Å². The number of nitrogens with zero attached hydrogens (tertiary/aromatic N) is 2. The lowest BCUT2D eigenvalue weighted by atomic mass is 10.1. The van der Waals surface area contributed by atoms with Crippen LogP contribution >= 0.6 is 0 Å². The first-order valence-electron chi connectivity index (χ1n) is 6.99. The van der Waals surface area contributed by atoms with Gasteiger partial charge in [0.1, 0.15) is 6.04 Å². The Balaban J connectivity index is 2.13. The predicted octanol–water partition coefficient (Wildman–Crippen LogP) is 2.21. The van der Waals surface area contributed by atoms with Crippen LogP contribution in [0.25, 0.3) is 0 Å². The zero-order chi connectivity index (χ0) is 13.8. The van der Waals surface area contributed by atoms with Crippen LogP contribution in [0.15, 0.2) is 12.4 Å². The topological polar surface area (TPSA) is 56.1 Å². The van der Waals surface area contributed by atoms with Crippen LogP contribution in [0, 0.1) is 0 Å². The highest BCUT2D eigenvalue weighted by atomic mass is 16.5. The van der Waals surface area contributed by atoms with E-state index in [4.69, 9.17) is 4.74 Å². The zero-order valence-electron chi connectivity index (χ0n) is 11.9. The van der Waals surface area contributed by atoms with Crippen molar-refractivity contribution < 1.29 is 9.53 Å². The van der Waals surface area contributed by atoms with Crippen molar-refractivity contribution in [3.05, 3.63) is 18.0 Å². The second kappa shape index (κ2) is 6.19. The minimum Gasteiger partial charge on any atom is -0.468 e. The molecule has 106 valence electrons. The fourth-order valence-corrected chi connectivity index (χ4v) is 2.53. The van der Waals surface area contributed by atoms with Crippen LogP contribution in [0.2, 0.25) is 0 Å². The van der Waals surface area contributed by atoms with Gasteiger partial charge in [0.25, 0.3) is 0 Å². The van der Waals surface area contributed by atoms with Gasteiger partial charge in [-0.2, -0.15) is 5.10 Å². The maximum Gasteiger partial charge on any atom is 0.327 e. The van der Waals surface area contributed by atoms with Crippen LogP contribution in [0.5, 0.6) is 0 Å². The van der Waals surface area contributed by atoms with Crippen molar-refractivity contribution in [1.82, 2.24) is 15.1 Å². The number of ether oxygens (including phenoxy) is 1. The number of nitrogens with one attached hydrogen (secondary N) is 1. The first-order chi connectivity index (χ1) is 9.11.